The summed E-state index contributed by atoms with van der Waals surface area (Å²) in [5.41, 5.74) is 8.41. The first-order valence-corrected chi connectivity index (χ1v) is 30.3. The van der Waals surface area contributed by atoms with Crippen LogP contribution in [0.1, 0.15) is 112 Å². The Balaban J connectivity index is 0.000000952. The van der Waals surface area contributed by atoms with Gasteiger partial charge < -0.3 is 63.1 Å². The second-order valence-corrected chi connectivity index (χ2v) is 22.4. The fourth-order valence-corrected chi connectivity index (χ4v) is 10.7. The fraction of sp³-hybridized carbons (Fsp3) is 0.508. The number of carbonyl (C=O) groups is 4. The summed E-state index contributed by atoms with van der Waals surface area (Å²) >= 11 is 1.50. The summed E-state index contributed by atoms with van der Waals surface area (Å²) in [5, 5.41) is 6.27. The van der Waals surface area contributed by atoms with E-state index in [-0.39, 0.29) is 67.8 Å². The van der Waals surface area contributed by atoms with Gasteiger partial charge in [0.25, 0.3) is 11.8 Å². The monoisotopic (exact) mass is 1190 g/mol. The molecule has 2 N–H and O–H groups in total. The van der Waals surface area contributed by atoms with Crippen LogP contribution in [0.2, 0.25) is 0 Å². The molecule has 5 aliphatic rings. The average Bonchev–Trinajstić information content (AvgIpc) is 2.84. The highest BCUT2D eigenvalue weighted by atomic mass is 32.2. The van der Waals surface area contributed by atoms with Gasteiger partial charge in [-0.15, -0.1) is 18.3 Å². The summed E-state index contributed by atoms with van der Waals surface area (Å²) in [7, 11) is 4.43. The molecule has 3 fully saturated rings. The Morgan fingerprint density at radius 3 is 1.59 bits per heavy atom. The molecule has 20 heteroatoms. The van der Waals surface area contributed by atoms with Gasteiger partial charge in [0.05, 0.1) is 121 Å². The van der Waals surface area contributed by atoms with Crippen LogP contribution in [0.4, 0.5) is 11.4 Å². The number of rotatable bonds is 28. The van der Waals surface area contributed by atoms with E-state index in [9.17, 15) is 19.2 Å². The van der Waals surface area contributed by atoms with Crippen LogP contribution in [0.25, 0.3) is 0 Å². The summed E-state index contributed by atoms with van der Waals surface area (Å²) in [6.07, 6.45) is 14.8. The van der Waals surface area contributed by atoms with E-state index in [1.165, 1.54) is 35.6 Å². The van der Waals surface area contributed by atoms with E-state index in [4.69, 9.17) is 47.9 Å². The maximum Gasteiger partial charge on any atom is 0.307 e. The number of fused-ring (bicyclic) bond motifs is 4. The van der Waals surface area contributed by atoms with Crippen LogP contribution in [0.5, 0.6) is 23.0 Å². The van der Waals surface area contributed by atoms with Gasteiger partial charge in [-0.2, -0.15) is 0 Å². The molecule has 3 amide bonds. The van der Waals surface area contributed by atoms with E-state index in [0.29, 0.717) is 117 Å². The molecule has 19 nitrogen and oxygen atoms in total. The molecule has 0 radical (unpaired) electrons. The number of thioether (sulfide) groups is 1. The highest BCUT2D eigenvalue weighted by Gasteiger charge is 2.36. The van der Waals surface area contributed by atoms with Crippen molar-refractivity contribution >= 4 is 59.3 Å². The Kier molecular flexibility index (Phi) is 27.2. The van der Waals surface area contributed by atoms with Crippen molar-refractivity contribution in [2.45, 2.75) is 110 Å². The molecule has 8 rings (SSSR count). The lowest BCUT2D eigenvalue weighted by molar-refractivity contribution is -0.142. The number of esters is 1. The van der Waals surface area contributed by atoms with Crippen molar-refractivity contribution in [2.24, 2.45) is 9.98 Å². The molecule has 3 saturated heterocycles. The van der Waals surface area contributed by atoms with E-state index in [0.717, 1.165) is 42.5 Å². The van der Waals surface area contributed by atoms with Crippen molar-refractivity contribution in [1.29, 1.82) is 0 Å². The topological polar surface area (TPSA) is 207 Å². The number of allylic oxidation sites excluding steroid dienone is 3. The molecule has 0 bridgehead atoms. The minimum atomic E-state index is -0.550. The van der Waals surface area contributed by atoms with E-state index in [1.807, 2.05) is 62.1 Å². The Bertz CT molecular complexity index is 2780. The number of hydrogen-bond donors (Lipinski definition) is 2. The van der Waals surface area contributed by atoms with Crippen molar-refractivity contribution in [3.8, 4) is 23.0 Å². The Morgan fingerprint density at radius 2 is 1.15 bits per heavy atom. The van der Waals surface area contributed by atoms with Crippen molar-refractivity contribution < 1.29 is 61.8 Å². The maximum atomic E-state index is 13.8. The number of nitrogens with one attached hydrogen (secondary N) is 2. The van der Waals surface area contributed by atoms with Gasteiger partial charge in [-0.25, -0.2) is 0 Å². The number of methoxy groups -OCH3 is 3. The molecule has 0 aliphatic carbocycles. The summed E-state index contributed by atoms with van der Waals surface area (Å²) in [6.45, 7) is 23.6. The largest absolute Gasteiger partial charge is 0.493 e. The van der Waals surface area contributed by atoms with E-state index >= 15 is 0 Å². The van der Waals surface area contributed by atoms with Crippen LogP contribution in [-0.4, -0.2) is 170 Å². The number of hydrogen-bond acceptors (Lipinski definition) is 17. The molecule has 462 valence electrons. The van der Waals surface area contributed by atoms with Crippen LogP contribution in [-0.2, 0) is 51.2 Å². The van der Waals surface area contributed by atoms with Crippen LogP contribution in [0.15, 0.2) is 100 Å². The van der Waals surface area contributed by atoms with E-state index in [1.54, 1.807) is 38.5 Å². The van der Waals surface area contributed by atoms with Gasteiger partial charge in [0.15, 0.2) is 23.0 Å². The summed E-state index contributed by atoms with van der Waals surface area (Å²) < 4.78 is 50.6. The first kappa shape index (κ1) is 67.3. The molecule has 0 saturated carbocycles. The molecule has 0 spiro atoms. The predicted octanol–water partition coefficient (Wildman–Crippen LogP) is 9.84. The lowest BCUT2D eigenvalue weighted by Crippen LogP contribution is -2.35. The Morgan fingerprint density at radius 1 is 0.671 bits per heavy atom. The molecule has 85 heavy (non-hydrogen) atoms. The molecule has 5 heterocycles. The number of benzene rings is 3. The molecule has 5 aliphatic heterocycles. The zero-order chi connectivity index (χ0) is 61.3. The second-order valence-electron chi connectivity index (χ2n) is 20.8. The van der Waals surface area contributed by atoms with Gasteiger partial charge in [0.2, 0.25) is 5.91 Å². The lowest BCUT2D eigenvalue weighted by Gasteiger charge is -2.26. The van der Waals surface area contributed by atoms with Gasteiger partial charge in [-0.1, -0.05) is 67.0 Å². The zero-order valence-electron chi connectivity index (χ0n) is 51.4. The number of carbonyl (C=O) groups excluding carboxylic acids is 4. The number of aliphatic imine (C=N–C) groups is 2. The first-order valence-electron chi connectivity index (χ1n) is 29.3. The molecule has 3 aromatic carbocycles. The van der Waals surface area contributed by atoms with Gasteiger partial charge in [-0.3, -0.25) is 29.2 Å². The Hall–Kier alpha value is -6.81. The molecule has 3 atom stereocenters. The minimum absolute atomic E-state index is 0.105. The van der Waals surface area contributed by atoms with E-state index < -0.39 is 4.75 Å². The first-order chi connectivity index (χ1) is 41.2. The van der Waals surface area contributed by atoms with Crippen LogP contribution in [0.3, 0.4) is 0 Å². The second kappa shape index (κ2) is 34.4. The fourth-order valence-electron chi connectivity index (χ4n) is 9.87. The summed E-state index contributed by atoms with van der Waals surface area (Å²) in [5.74, 6) is 1.22. The van der Waals surface area contributed by atoms with Gasteiger partial charge in [0.1, 0.15) is 13.2 Å². The van der Waals surface area contributed by atoms with Crippen LogP contribution in [0, 0.1) is 0 Å². The average molecular weight is 1190 g/mol. The third kappa shape index (κ3) is 19.3. The number of amides is 3. The molecular formula is C65H88N6O13S. The normalized spacial score (nSPS) is 19.0. The molecule has 3 unspecified atom stereocenters. The van der Waals surface area contributed by atoms with Crippen molar-refractivity contribution in [1.82, 2.24) is 20.4 Å². The molecule has 3 aromatic rings. The van der Waals surface area contributed by atoms with Gasteiger partial charge in [0, 0.05) is 61.5 Å². The Labute approximate surface area is 506 Å². The van der Waals surface area contributed by atoms with Crippen molar-refractivity contribution in [3.63, 3.8) is 0 Å². The van der Waals surface area contributed by atoms with Crippen LogP contribution < -0.4 is 29.6 Å². The standard InChI is InChI=1S/C55H69N5O13S.C8H13N.C2H6/c1-8-36-23-41-29-57-45-27-49(47(65-5)25-43(45)53(63)59(41)31-36)72-33-38-20-39(34-73-50-28-46-44(26-48(50)66-6)54(64)60-32-37(9-2)24-42(60)30-58-46)22-40(21-38)55(3,4)74-35-51(61)56-11-13-69-15-17-71-19-18-70-16-14-68-12-10-52(62)67-7;1-3-7-5-8(4-2)9-6-7;1-2/h8-9,20-22,25-30,41-42H,10-19,23-24,31-35H2,1-7H3,(H,56,61);3-4,8-9H,2,5-6H2,1H3;1-2H3/b36-8+,37-9+;7-3+;. The third-order valence-corrected chi connectivity index (χ3v) is 16.2. The maximum absolute atomic E-state index is 13.8. The van der Waals surface area contributed by atoms with Gasteiger partial charge in [-0.05, 0) is 88.8 Å². The van der Waals surface area contributed by atoms with Crippen molar-refractivity contribution in [2.75, 3.05) is 106 Å². The molecule has 0 aromatic heterocycles. The summed E-state index contributed by atoms with van der Waals surface area (Å²) in [4.78, 5) is 64.9. The smallest absolute Gasteiger partial charge is 0.307 e. The minimum Gasteiger partial charge on any atom is -0.493 e. The highest BCUT2D eigenvalue weighted by Crippen LogP contribution is 2.42. The van der Waals surface area contributed by atoms with Crippen LogP contribution >= 0.6 is 11.8 Å². The summed E-state index contributed by atoms with van der Waals surface area (Å²) in [6, 6.07) is 13.3. The quantitative estimate of drug-likeness (QED) is 0.0394. The SMILES string of the molecule is C/C=C1\CC2C=Nc3cc(OCc4cc(COc5cc6c(cc5OC)C(=O)N5C/C(=C/C)CC5C=N6)cc(C(C)(C)SCC(=O)NCCOCCOCCOCCOCCC(=O)OC)c4)c(OC)cc3C(=O)N2C1.C=CC1C/C(=C\C)CN1.CC. The molecular weight excluding hydrogens is 1100 g/mol. The van der Waals surface area contributed by atoms with Gasteiger partial charge >= 0.3 is 5.97 Å². The predicted molar refractivity (Wildman–Crippen MR) is 334 cm³/mol. The zero-order valence-corrected chi connectivity index (χ0v) is 52.2. The lowest BCUT2D eigenvalue weighted by atomic mass is 9.97. The highest BCUT2D eigenvalue weighted by molar-refractivity contribution is 8.00. The number of ether oxygens (including phenoxy) is 9. The third-order valence-electron chi connectivity index (χ3n) is 14.9. The van der Waals surface area contributed by atoms with E-state index in [2.05, 4.69) is 73.1 Å². The van der Waals surface area contributed by atoms with Crippen molar-refractivity contribution in [3.05, 3.63) is 118 Å². The number of nitrogens with zero attached hydrogens (tertiary/aromatic N) is 4.